The summed E-state index contributed by atoms with van der Waals surface area (Å²) >= 11 is 0. The average molecular weight is 266 g/mol. The smallest absolute Gasteiger partial charge is 0.234 e. The number of H-pyrrole nitrogens is 1. The zero-order valence-electron chi connectivity index (χ0n) is 11.1. The second kappa shape index (κ2) is 7.25. The largest absolute Gasteiger partial charge is 0.392 e. The van der Waals surface area contributed by atoms with Crippen LogP contribution < -0.4 is 5.32 Å². The normalized spacial score (nSPS) is 20.4. The number of aryl methyl sites for hydroxylation is 1. The Kier molecular flexibility index (Phi) is 5.35. The summed E-state index contributed by atoms with van der Waals surface area (Å²) in [5.41, 5.74) is 0. The van der Waals surface area contributed by atoms with Crippen molar-refractivity contribution in [2.24, 2.45) is 0 Å². The molecule has 0 unspecified atom stereocenters. The number of nitrogens with zero attached hydrogens (tertiary/aromatic N) is 2. The van der Waals surface area contributed by atoms with E-state index in [0.29, 0.717) is 19.6 Å². The molecule has 0 saturated carbocycles. The number of aromatic nitrogens is 2. The number of rotatable bonds is 6. The number of likely N-dealkylation sites (tertiary alicyclic amines) is 1. The third kappa shape index (κ3) is 5.00. The number of imidazole rings is 1. The maximum atomic E-state index is 11.7. The van der Waals surface area contributed by atoms with Crippen molar-refractivity contribution < 1.29 is 9.90 Å². The molecule has 6 heteroatoms. The Morgan fingerprint density at radius 2 is 2.53 bits per heavy atom. The van der Waals surface area contributed by atoms with E-state index in [2.05, 4.69) is 15.3 Å². The lowest BCUT2D eigenvalue weighted by Gasteiger charge is -2.29. The Morgan fingerprint density at radius 1 is 1.63 bits per heavy atom. The Hall–Kier alpha value is -1.40. The fraction of sp³-hybridized carbons (Fsp3) is 0.692. The van der Waals surface area contributed by atoms with Crippen molar-refractivity contribution >= 4 is 5.91 Å². The molecule has 1 fully saturated rings. The summed E-state index contributed by atoms with van der Waals surface area (Å²) in [5, 5.41) is 12.4. The molecule has 19 heavy (non-hydrogen) atoms. The van der Waals surface area contributed by atoms with Crippen molar-refractivity contribution in [3.63, 3.8) is 0 Å². The number of aliphatic hydroxyl groups excluding tert-OH is 1. The van der Waals surface area contributed by atoms with E-state index in [-0.39, 0.29) is 12.0 Å². The monoisotopic (exact) mass is 266 g/mol. The van der Waals surface area contributed by atoms with Crippen LogP contribution in [0, 0.1) is 0 Å². The van der Waals surface area contributed by atoms with Crippen LogP contribution in [0.3, 0.4) is 0 Å². The van der Waals surface area contributed by atoms with E-state index in [1.54, 1.807) is 12.4 Å². The second-order valence-corrected chi connectivity index (χ2v) is 5.02. The van der Waals surface area contributed by atoms with Crippen molar-refractivity contribution in [1.82, 2.24) is 20.2 Å². The third-order valence-electron chi connectivity index (χ3n) is 3.32. The Balaban J connectivity index is 1.56. The minimum absolute atomic E-state index is 0.0357. The van der Waals surface area contributed by atoms with Gasteiger partial charge in [0.1, 0.15) is 5.82 Å². The number of β-amino-alcohol motifs (C(OH)–C–C–N with tert-alkyl or cyclic N) is 1. The van der Waals surface area contributed by atoms with Crippen molar-refractivity contribution in [3.8, 4) is 0 Å². The summed E-state index contributed by atoms with van der Waals surface area (Å²) in [6.07, 6.45) is 6.79. The number of piperidine rings is 1. The molecular formula is C13H22N4O2. The molecule has 1 aliphatic heterocycles. The van der Waals surface area contributed by atoms with E-state index in [0.717, 1.165) is 38.1 Å². The molecule has 0 bridgehead atoms. The zero-order valence-corrected chi connectivity index (χ0v) is 11.1. The number of aromatic amines is 1. The minimum atomic E-state index is -0.277. The molecule has 6 nitrogen and oxygen atoms in total. The van der Waals surface area contributed by atoms with Crippen LogP contribution in [-0.4, -0.2) is 58.2 Å². The van der Waals surface area contributed by atoms with E-state index in [1.807, 2.05) is 4.90 Å². The lowest BCUT2D eigenvalue weighted by atomic mass is 10.1. The highest BCUT2D eigenvalue weighted by Crippen LogP contribution is 2.08. The molecule has 0 spiro atoms. The summed E-state index contributed by atoms with van der Waals surface area (Å²) in [4.78, 5) is 20.9. The molecule has 0 aliphatic carbocycles. The zero-order chi connectivity index (χ0) is 13.5. The summed E-state index contributed by atoms with van der Waals surface area (Å²) in [6, 6.07) is 0. The molecular weight excluding hydrogens is 244 g/mol. The first kappa shape index (κ1) is 14.0. The first-order chi connectivity index (χ1) is 9.24. The van der Waals surface area contributed by atoms with Crippen molar-refractivity contribution in [2.75, 3.05) is 26.2 Å². The van der Waals surface area contributed by atoms with Crippen LogP contribution in [0.15, 0.2) is 12.4 Å². The van der Waals surface area contributed by atoms with Crippen LogP contribution in [0.4, 0.5) is 0 Å². The predicted octanol–water partition coefficient (Wildman–Crippen LogP) is -0.0848. The maximum Gasteiger partial charge on any atom is 0.234 e. The number of hydrogen-bond acceptors (Lipinski definition) is 4. The van der Waals surface area contributed by atoms with Gasteiger partial charge in [-0.2, -0.15) is 0 Å². The number of hydrogen-bond donors (Lipinski definition) is 3. The van der Waals surface area contributed by atoms with E-state index in [4.69, 9.17) is 0 Å². The van der Waals surface area contributed by atoms with Gasteiger partial charge in [0.2, 0.25) is 5.91 Å². The summed E-state index contributed by atoms with van der Waals surface area (Å²) < 4.78 is 0. The van der Waals surface area contributed by atoms with Crippen LogP contribution in [0.1, 0.15) is 25.1 Å². The van der Waals surface area contributed by atoms with Gasteiger partial charge in [0, 0.05) is 31.9 Å². The molecule has 1 aliphatic rings. The van der Waals surface area contributed by atoms with Gasteiger partial charge < -0.3 is 15.4 Å². The molecule has 2 rings (SSSR count). The SMILES string of the molecule is O=C(CN1CCC[C@@H](O)C1)NCCCc1ncc[nH]1. The number of amides is 1. The molecule has 2 heterocycles. The van der Waals surface area contributed by atoms with Gasteiger partial charge >= 0.3 is 0 Å². The molecule has 0 radical (unpaired) electrons. The van der Waals surface area contributed by atoms with Crippen LogP contribution in [0.2, 0.25) is 0 Å². The second-order valence-electron chi connectivity index (χ2n) is 5.02. The highest BCUT2D eigenvalue weighted by Gasteiger charge is 2.19. The van der Waals surface area contributed by atoms with Gasteiger partial charge in [-0.25, -0.2) is 4.98 Å². The minimum Gasteiger partial charge on any atom is -0.392 e. The number of nitrogens with one attached hydrogen (secondary N) is 2. The highest BCUT2D eigenvalue weighted by molar-refractivity contribution is 5.77. The van der Waals surface area contributed by atoms with E-state index >= 15 is 0 Å². The molecule has 1 atom stereocenters. The predicted molar refractivity (Wildman–Crippen MR) is 71.6 cm³/mol. The summed E-state index contributed by atoms with van der Waals surface area (Å²) in [6.45, 7) is 2.56. The number of carbonyl (C=O) groups excluding carboxylic acids is 1. The highest BCUT2D eigenvalue weighted by atomic mass is 16.3. The van der Waals surface area contributed by atoms with Gasteiger partial charge in [-0.1, -0.05) is 0 Å². The van der Waals surface area contributed by atoms with Crippen molar-refractivity contribution in [3.05, 3.63) is 18.2 Å². The van der Waals surface area contributed by atoms with Gasteiger partial charge in [0.25, 0.3) is 0 Å². The van der Waals surface area contributed by atoms with Gasteiger partial charge in [0.05, 0.1) is 12.6 Å². The molecule has 1 amide bonds. The van der Waals surface area contributed by atoms with Crippen LogP contribution in [0.5, 0.6) is 0 Å². The van der Waals surface area contributed by atoms with E-state index in [9.17, 15) is 9.90 Å². The molecule has 106 valence electrons. The third-order valence-corrected chi connectivity index (χ3v) is 3.32. The van der Waals surface area contributed by atoms with Gasteiger partial charge in [-0.05, 0) is 25.8 Å². The summed E-state index contributed by atoms with van der Waals surface area (Å²) in [5.74, 6) is 0.988. The van der Waals surface area contributed by atoms with E-state index in [1.165, 1.54) is 0 Å². The molecule has 1 aromatic heterocycles. The first-order valence-electron chi connectivity index (χ1n) is 6.89. The Morgan fingerprint density at radius 3 is 3.26 bits per heavy atom. The van der Waals surface area contributed by atoms with Crippen LogP contribution in [0.25, 0.3) is 0 Å². The van der Waals surface area contributed by atoms with Crippen molar-refractivity contribution in [1.29, 1.82) is 0 Å². The lowest BCUT2D eigenvalue weighted by Crippen LogP contribution is -2.44. The van der Waals surface area contributed by atoms with E-state index < -0.39 is 0 Å². The fourth-order valence-corrected chi connectivity index (χ4v) is 2.35. The van der Waals surface area contributed by atoms with Crippen LogP contribution >= 0.6 is 0 Å². The van der Waals surface area contributed by atoms with Gasteiger partial charge in [-0.3, -0.25) is 9.69 Å². The average Bonchev–Trinajstić information content (AvgIpc) is 2.88. The quantitative estimate of drug-likeness (QED) is 0.629. The van der Waals surface area contributed by atoms with Gasteiger partial charge in [-0.15, -0.1) is 0 Å². The maximum absolute atomic E-state index is 11.7. The van der Waals surface area contributed by atoms with Crippen LogP contribution in [-0.2, 0) is 11.2 Å². The topological polar surface area (TPSA) is 81.2 Å². The standard InChI is InChI=1S/C13H22N4O2/c18-11-3-2-8-17(9-11)10-13(19)16-5-1-4-12-14-6-7-15-12/h6-7,11,18H,1-5,8-10H2,(H,14,15)(H,16,19)/t11-/m1/s1. The Labute approximate surface area is 113 Å². The number of aliphatic hydroxyl groups is 1. The molecule has 1 saturated heterocycles. The lowest BCUT2D eigenvalue weighted by molar-refractivity contribution is -0.122. The van der Waals surface area contributed by atoms with Gasteiger partial charge in [0.15, 0.2) is 0 Å². The first-order valence-corrected chi connectivity index (χ1v) is 6.89. The molecule has 3 N–H and O–H groups in total. The Bertz CT molecular complexity index is 380. The van der Waals surface area contributed by atoms with Crippen molar-refractivity contribution in [2.45, 2.75) is 31.8 Å². The molecule has 1 aromatic rings. The number of carbonyl (C=O) groups is 1. The molecule has 0 aromatic carbocycles. The fourth-order valence-electron chi connectivity index (χ4n) is 2.35. The summed E-state index contributed by atoms with van der Waals surface area (Å²) in [7, 11) is 0.